The Morgan fingerprint density at radius 2 is 1.78 bits per heavy atom. The van der Waals surface area contributed by atoms with Crippen LogP contribution < -0.4 is 0 Å². The van der Waals surface area contributed by atoms with Crippen LogP contribution >= 0.6 is 11.8 Å². The second-order valence-electron chi connectivity index (χ2n) is 7.97. The third kappa shape index (κ3) is 5.08. The monoisotopic (exact) mass is 448 g/mol. The molecular weight excluding hydrogens is 420 g/mol. The fraction of sp³-hybridized carbons (Fsp3) is 0.333. The van der Waals surface area contributed by atoms with Crippen LogP contribution in [0.15, 0.2) is 64.3 Å². The lowest BCUT2D eigenvalue weighted by Gasteiger charge is -2.23. The van der Waals surface area contributed by atoms with Crippen molar-refractivity contribution in [2.45, 2.75) is 43.8 Å². The maximum atomic E-state index is 5.50. The summed E-state index contributed by atoms with van der Waals surface area (Å²) in [7, 11) is 4.15. The molecule has 0 aliphatic carbocycles. The van der Waals surface area contributed by atoms with Gasteiger partial charge in [-0.15, -0.1) is 10.2 Å². The highest BCUT2D eigenvalue weighted by atomic mass is 32.2. The summed E-state index contributed by atoms with van der Waals surface area (Å²) in [5.41, 5.74) is 3.36. The van der Waals surface area contributed by atoms with Gasteiger partial charge in [0.05, 0.1) is 18.3 Å². The highest BCUT2D eigenvalue weighted by molar-refractivity contribution is 7.98. The average molecular weight is 449 g/mol. The van der Waals surface area contributed by atoms with Crippen molar-refractivity contribution < 1.29 is 4.52 Å². The zero-order valence-corrected chi connectivity index (χ0v) is 19.7. The van der Waals surface area contributed by atoms with Gasteiger partial charge >= 0.3 is 0 Å². The quantitative estimate of drug-likeness (QED) is 0.334. The van der Waals surface area contributed by atoms with Crippen molar-refractivity contribution in [2.75, 3.05) is 14.1 Å². The van der Waals surface area contributed by atoms with E-state index in [1.165, 1.54) is 11.1 Å². The van der Waals surface area contributed by atoms with E-state index in [-0.39, 0.29) is 6.04 Å². The lowest BCUT2D eigenvalue weighted by atomic mass is 10.1. The average Bonchev–Trinajstić information content (AvgIpc) is 3.42. The SMILES string of the molecule is CC[C@@H](c1nnc(SCc2nc(-c3ccc(C)cc3)no2)n1Cc1ccccc1)N(C)C. The summed E-state index contributed by atoms with van der Waals surface area (Å²) in [4.78, 5) is 6.75. The minimum Gasteiger partial charge on any atom is -0.338 e. The zero-order valence-electron chi connectivity index (χ0n) is 18.9. The van der Waals surface area contributed by atoms with Gasteiger partial charge in [0.15, 0.2) is 11.0 Å². The Hall–Kier alpha value is -2.97. The summed E-state index contributed by atoms with van der Waals surface area (Å²) in [6.45, 7) is 4.94. The lowest BCUT2D eigenvalue weighted by molar-refractivity contribution is 0.272. The van der Waals surface area contributed by atoms with E-state index < -0.39 is 0 Å². The molecular formula is C24H28N6OS. The van der Waals surface area contributed by atoms with Gasteiger partial charge in [0.2, 0.25) is 11.7 Å². The van der Waals surface area contributed by atoms with E-state index in [1.807, 2.05) is 30.3 Å². The van der Waals surface area contributed by atoms with E-state index >= 15 is 0 Å². The van der Waals surface area contributed by atoms with Gasteiger partial charge in [0.1, 0.15) is 0 Å². The summed E-state index contributed by atoms with van der Waals surface area (Å²) in [6.07, 6.45) is 0.953. The van der Waals surface area contributed by atoms with Crippen LogP contribution in [0.5, 0.6) is 0 Å². The molecule has 2 heterocycles. The molecule has 0 N–H and O–H groups in total. The van der Waals surface area contributed by atoms with Crippen LogP contribution in [0.2, 0.25) is 0 Å². The third-order valence-electron chi connectivity index (χ3n) is 5.34. The largest absolute Gasteiger partial charge is 0.338 e. The van der Waals surface area contributed by atoms with Crippen LogP contribution in [0.3, 0.4) is 0 Å². The Kier molecular flexibility index (Phi) is 7.02. The Morgan fingerprint density at radius 3 is 2.47 bits per heavy atom. The van der Waals surface area contributed by atoms with Crippen LogP contribution in [-0.2, 0) is 12.3 Å². The van der Waals surface area contributed by atoms with Gasteiger partial charge in [-0.2, -0.15) is 4.98 Å². The summed E-state index contributed by atoms with van der Waals surface area (Å²) in [5.74, 6) is 2.67. The van der Waals surface area contributed by atoms with E-state index in [0.717, 1.165) is 23.0 Å². The topological polar surface area (TPSA) is 72.9 Å². The first-order valence-electron chi connectivity index (χ1n) is 10.7. The number of benzene rings is 2. The standard InChI is InChI=1S/C24H28N6OS/c1-5-20(29(3)4)23-26-27-24(30(23)15-18-9-7-6-8-10-18)32-16-21-25-22(28-31-21)19-13-11-17(2)12-14-19/h6-14,20H,5,15-16H2,1-4H3/t20-/m0/s1. The number of rotatable bonds is 9. The molecule has 2 aromatic heterocycles. The summed E-state index contributed by atoms with van der Waals surface area (Å²) in [5, 5.41) is 14.1. The molecule has 0 saturated carbocycles. The third-order valence-corrected chi connectivity index (χ3v) is 6.29. The molecule has 166 valence electrons. The minimum atomic E-state index is 0.192. The molecule has 32 heavy (non-hydrogen) atoms. The van der Waals surface area contributed by atoms with E-state index in [4.69, 9.17) is 4.52 Å². The molecule has 0 spiro atoms. The Bertz CT molecular complexity index is 1140. The Labute approximate surface area is 192 Å². The first-order valence-corrected chi connectivity index (χ1v) is 11.7. The van der Waals surface area contributed by atoms with Crippen molar-refractivity contribution in [3.63, 3.8) is 0 Å². The van der Waals surface area contributed by atoms with Gasteiger partial charge < -0.3 is 9.09 Å². The van der Waals surface area contributed by atoms with E-state index in [0.29, 0.717) is 24.0 Å². The van der Waals surface area contributed by atoms with Crippen LogP contribution in [0.1, 0.15) is 42.2 Å². The smallest absolute Gasteiger partial charge is 0.237 e. The molecule has 4 aromatic rings. The Balaban J connectivity index is 1.55. The van der Waals surface area contributed by atoms with Gasteiger partial charge in [-0.1, -0.05) is 84.0 Å². The second-order valence-corrected chi connectivity index (χ2v) is 8.91. The van der Waals surface area contributed by atoms with Crippen molar-refractivity contribution in [1.82, 2.24) is 29.8 Å². The normalized spacial score (nSPS) is 12.4. The number of nitrogens with zero attached hydrogens (tertiary/aromatic N) is 6. The Morgan fingerprint density at radius 1 is 1.03 bits per heavy atom. The van der Waals surface area contributed by atoms with Gasteiger partial charge in [0.25, 0.3) is 0 Å². The molecule has 0 radical (unpaired) electrons. The number of aromatic nitrogens is 5. The van der Waals surface area contributed by atoms with Crippen molar-refractivity contribution in [1.29, 1.82) is 0 Å². The minimum absolute atomic E-state index is 0.192. The first-order chi connectivity index (χ1) is 15.5. The van der Waals surface area contributed by atoms with Crippen LogP contribution in [-0.4, -0.2) is 43.9 Å². The molecule has 0 amide bonds. The molecule has 8 heteroatoms. The van der Waals surface area contributed by atoms with Crippen molar-refractivity contribution in [3.8, 4) is 11.4 Å². The molecule has 0 unspecified atom stereocenters. The molecule has 0 aliphatic rings. The highest BCUT2D eigenvalue weighted by Gasteiger charge is 2.22. The van der Waals surface area contributed by atoms with E-state index in [1.54, 1.807) is 11.8 Å². The number of hydrogen-bond donors (Lipinski definition) is 0. The fourth-order valence-electron chi connectivity index (χ4n) is 3.61. The molecule has 0 bridgehead atoms. The second kappa shape index (κ2) is 10.1. The molecule has 7 nitrogen and oxygen atoms in total. The highest BCUT2D eigenvalue weighted by Crippen LogP contribution is 2.28. The fourth-order valence-corrected chi connectivity index (χ4v) is 4.39. The molecule has 0 fully saturated rings. The number of hydrogen-bond acceptors (Lipinski definition) is 7. The maximum absolute atomic E-state index is 5.50. The zero-order chi connectivity index (χ0) is 22.5. The predicted molar refractivity (Wildman–Crippen MR) is 126 cm³/mol. The van der Waals surface area contributed by atoms with Crippen LogP contribution in [0.25, 0.3) is 11.4 Å². The van der Waals surface area contributed by atoms with Gasteiger partial charge in [-0.05, 0) is 33.0 Å². The lowest BCUT2D eigenvalue weighted by Crippen LogP contribution is -2.23. The van der Waals surface area contributed by atoms with Crippen molar-refractivity contribution in [2.24, 2.45) is 0 Å². The summed E-state index contributed by atoms with van der Waals surface area (Å²) in [6, 6.07) is 18.7. The molecule has 1 atom stereocenters. The molecule has 2 aromatic carbocycles. The van der Waals surface area contributed by atoms with Gasteiger partial charge in [0, 0.05) is 5.56 Å². The van der Waals surface area contributed by atoms with Crippen LogP contribution in [0, 0.1) is 6.92 Å². The maximum Gasteiger partial charge on any atom is 0.237 e. The molecule has 4 rings (SSSR count). The van der Waals surface area contributed by atoms with E-state index in [9.17, 15) is 0 Å². The van der Waals surface area contributed by atoms with E-state index in [2.05, 4.69) is 82.0 Å². The van der Waals surface area contributed by atoms with Crippen LogP contribution in [0.4, 0.5) is 0 Å². The van der Waals surface area contributed by atoms with Gasteiger partial charge in [-0.3, -0.25) is 4.90 Å². The molecule has 0 saturated heterocycles. The summed E-state index contributed by atoms with van der Waals surface area (Å²) >= 11 is 1.57. The van der Waals surface area contributed by atoms with Crippen molar-refractivity contribution in [3.05, 3.63) is 77.4 Å². The van der Waals surface area contributed by atoms with Gasteiger partial charge in [-0.25, -0.2) is 0 Å². The van der Waals surface area contributed by atoms with Crippen molar-refractivity contribution >= 4 is 11.8 Å². The first kappa shape index (κ1) is 22.2. The predicted octanol–water partition coefficient (Wildman–Crippen LogP) is 4.99. The molecule has 0 aliphatic heterocycles. The summed E-state index contributed by atoms with van der Waals surface area (Å²) < 4.78 is 7.70. The number of aryl methyl sites for hydroxylation is 1. The number of thioether (sulfide) groups is 1.